The van der Waals surface area contributed by atoms with Gasteiger partial charge in [-0.15, -0.1) is 0 Å². The molecule has 0 radical (unpaired) electrons. The lowest BCUT2D eigenvalue weighted by molar-refractivity contribution is -0.132. The average molecular weight is 304 g/mol. The highest BCUT2D eigenvalue weighted by molar-refractivity contribution is 7.99. The monoisotopic (exact) mass is 304 g/mol. The van der Waals surface area contributed by atoms with E-state index in [0.717, 1.165) is 30.8 Å². The standard InChI is InChI=1S/C17H24N2OS/c1-3-21-12-9-13(2)19-15(14-7-5-4-6-8-14)18-17(10-11-17)16(19)20/h4-8,13,15,18H,3,9-12H2,1-2H3. The normalized spacial score (nSPS) is 24.6. The van der Waals surface area contributed by atoms with Crippen molar-refractivity contribution in [2.24, 2.45) is 0 Å². The van der Waals surface area contributed by atoms with Crippen molar-refractivity contribution in [1.82, 2.24) is 10.2 Å². The minimum atomic E-state index is -0.243. The maximum atomic E-state index is 12.8. The van der Waals surface area contributed by atoms with Crippen molar-refractivity contribution in [3.05, 3.63) is 35.9 Å². The average Bonchev–Trinajstić information content (AvgIpc) is 3.22. The van der Waals surface area contributed by atoms with Gasteiger partial charge in [-0.05, 0) is 43.3 Å². The molecule has 114 valence electrons. The Morgan fingerprint density at radius 1 is 1.38 bits per heavy atom. The lowest BCUT2D eigenvalue weighted by atomic mass is 10.1. The van der Waals surface area contributed by atoms with Gasteiger partial charge in [0.25, 0.3) is 0 Å². The molecule has 1 N–H and O–H groups in total. The van der Waals surface area contributed by atoms with Crippen molar-refractivity contribution in [3.63, 3.8) is 0 Å². The summed E-state index contributed by atoms with van der Waals surface area (Å²) in [4.78, 5) is 14.9. The second-order valence-corrected chi connectivity index (χ2v) is 7.48. The molecule has 2 aliphatic rings. The summed E-state index contributed by atoms with van der Waals surface area (Å²) in [6, 6.07) is 10.7. The van der Waals surface area contributed by atoms with Crippen LogP contribution in [0, 0.1) is 0 Å². The molecule has 2 unspecified atom stereocenters. The van der Waals surface area contributed by atoms with Crippen molar-refractivity contribution in [3.8, 4) is 0 Å². The SMILES string of the molecule is CCSCCC(C)N1C(=O)C2(CC2)NC1c1ccccc1. The number of nitrogens with zero attached hydrogens (tertiary/aromatic N) is 1. The quantitative estimate of drug-likeness (QED) is 0.819. The van der Waals surface area contributed by atoms with E-state index in [1.54, 1.807) is 0 Å². The number of hydrogen-bond acceptors (Lipinski definition) is 3. The molecule has 3 nitrogen and oxygen atoms in total. The number of hydrogen-bond donors (Lipinski definition) is 1. The third kappa shape index (κ3) is 2.84. The summed E-state index contributed by atoms with van der Waals surface area (Å²) in [7, 11) is 0. The first-order valence-electron chi connectivity index (χ1n) is 7.91. The predicted molar refractivity (Wildman–Crippen MR) is 88.2 cm³/mol. The van der Waals surface area contributed by atoms with Gasteiger partial charge in [-0.3, -0.25) is 10.1 Å². The van der Waals surface area contributed by atoms with Crippen LogP contribution in [0.15, 0.2) is 30.3 Å². The summed E-state index contributed by atoms with van der Waals surface area (Å²) in [5.74, 6) is 2.58. The van der Waals surface area contributed by atoms with Crippen LogP contribution < -0.4 is 5.32 Å². The van der Waals surface area contributed by atoms with Gasteiger partial charge in [0.05, 0.1) is 0 Å². The molecular weight excluding hydrogens is 280 g/mol. The molecule has 21 heavy (non-hydrogen) atoms. The van der Waals surface area contributed by atoms with Crippen LogP contribution in [0.2, 0.25) is 0 Å². The summed E-state index contributed by atoms with van der Waals surface area (Å²) in [5, 5.41) is 3.60. The van der Waals surface area contributed by atoms with E-state index in [-0.39, 0.29) is 17.7 Å². The van der Waals surface area contributed by atoms with E-state index in [9.17, 15) is 4.79 Å². The van der Waals surface area contributed by atoms with Gasteiger partial charge >= 0.3 is 0 Å². The molecule has 1 aliphatic heterocycles. The van der Waals surface area contributed by atoms with Crippen molar-refractivity contribution < 1.29 is 4.79 Å². The Balaban J connectivity index is 1.79. The fourth-order valence-electron chi connectivity index (χ4n) is 3.11. The van der Waals surface area contributed by atoms with Gasteiger partial charge in [-0.25, -0.2) is 0 Å². The van der Waals surface area contributed by atoms with Crippen LogP contribution in [0.3, 0.4) is 0 Å². The first kappa shape index (κ1) is 14.9. The maximum Gasteiger partial charge on any atom is 0.244 e. The van der Waals surface area contributed by atoms with Gasteiger partial charge < -0.3 is 4.90 Å². The van der Waals surface area contributed by atoms with Gasteiger partial charge in [0.2, 0.25) is 5.91 Å². The Morgan fingerprint density at radius 2 is 2.10 bits per heavy atom. The molecule has 1 saturated heterocycles. The van der Waals surface area contributed by atoms with Crippen molar-refractivity contribution in [1.29, 1.82) is 0 Å². The molecule has 2 fully saturated rings. The van der Waals surface area contributed by atoms with Gasteiger partial charge in [-0.1, -0.05) is 37.3 Å². The van der Waals surface area contributed by atoms with Crippen LogP contribution in [0.25, 0.3) is 0 Å². The fourth-order valence-corrected chi connectivity index (χ4v) is 3.91. The second-order valence-electron chi connectivity index (χ2n) is 6.09. The summed E-state index contributed by atoms with van der Waals surface area (Å²) in [6.07, 6.45) is 3.08. The highest BCUT2D eigenvalue weighted by Gasteiger charge is 2.60. The maximum absolute atomic E-state index is 12.8. The van der Waals surface area contributed by atoms with E-state index in [1.165, 1.54) is 5.56 Å². The summed E-state index contributed by atoms with van der Waals surface area (Å²) >= 11 is 1.95. The van der Waals surface area contributed by atoms with Gasteiger partial charge in [0, 0.05) is 6.04 Å². The Labute approximate surface area is 131 Å². The molecule has 1 saturated carbocycles. The molecule has 2 atom stereocenters. The van der Waals surface area contributed by atoms with Gasteiger partial charge in [0.15, 0.2) is 0 Å². The Kier molecular flexibility index (Phi) is 4.27. The van der Waals surface area contributed by atoms with E-state index in [0.29, 0.717) is 5.91 Å². The van der Waals surface area contributed by atoms with Gasteiger partial charge in [0.1, 0.15) is 11.7 Å². The minimum Gasteiger partial charge on any atom is -0.319 e. The van der Waals surface area contributed by atoms with E-state index < -0.39 is 0 Å². The molecule has 0 bridgehead atoms. The van der Waals surface area contributed by atoms with E-state index in [4.69, 9.17) is 0 Å². The minimum absolute atomic E-state index is 0.0443. The second kappa shape index (κ2) is 6.01. The molecule has 3 rings (SSSR count). The number of amides is 1. The van der Waals surface area contributed by atoms with Crippen LogP contribution in [-0.2, 0) is 4.79 Å². The molecule has 1 aromatic carbocycles. The van der Waals surface area contributed by atoms with Crippen molar-refractivity contribution in [2.45, 2.75) is 50.9 Å². The Morgan fingerprint density at radius 3 is 2.71 bits per heavy atom. The number of carbonyl (C=O) groups is 1. The van der Waals surface area contributed by atoms with Crippen LogP contribution in [0.5, 0.6) is 0 Å². The zero-order valence-corrected chi connectivity index (χ0v) is 13.7. The topological polar surface area (TPSA) is 32.3 Å². The summed E-state index contributed by atoms with van der Waals surface area (Å²) in [6.45, 7) is 4.37. The van der Waals surface area contributed by atoms with Gasteiger partial charge in [-0.2, -0.15) is 11.8 Å². The lowest BCUT2D eigenvalue weighted by Crippen LogP contribution is -2.39. The molecule has 1 aliphatic carbocycles. The molecule has 1 spiro atoms. The van der Waals surface area contributed by atoms with Crippen LogP contribution in [0.1, 0.15) is 44.8 Å². The molecule has 1 aromatic rings. The van der Waals surface area contributed by atoms with Crippen LogP contribution >= 0.6 is 11.8 Å². The lowest BCUT2D eigenvalue weighted by Gasteiger charge is -2.30. The molecular formula is C17H24N2OS. The first-order chi connectivity index (χ1) is 10.2. The van der Waals surface area contributed by atoms with E-state index >= 15 is 0 Å². The fraction of sp³-hybridized carbons (Fsp3) is 0.588. The van der Waals surface area contributed by atoms with Crippen molar-refractivity contribution >= 4 is 17.7 Å². The zero-order chi connectivity index (χ0) is 14.9. The molecule has 4 heteroatoms. The smallest absolute Gasteiger partial charge is 0.244 e. The molecule has 1 heterocycles. The highest BCUT2D eigenvalue weighted by Crippen LogP contribution is 2.46. The summed E-state index contributed by atoms with van der Waals surface area (Å²) in [5.41, 5.74) is 0.955. The molecule has 1 amide bonds. The summed E-state index contributed by atoms with van der Waals surface area (Å²) < 4.78 is 0. The number of rotatable bonds is 6. The van der Waals surface area contributed by atoms with Crippen molar-refractivity contribution in [2.75, 3.05) is 11.5 Å². The number of nitrogens with one attached hydrogen (secondary N) is 1. The first-order valence-corrected chi connectivity index (χ1v) is 9.06. The van der Waals surface area contributed by atoms with E-state index in [2.05, 4.69) is 48.3 Å². The third-order valence-electron chi connectivity index (χ3n) is 4.56. The molecule has 0 aromatic heterocycles. The highest BCUT2D eigenvalue weighted by atomic mass is 32.2. The van der Waals surface area contributed by atoms with Crippen LogP contribution in [0.4, 0.5) is 0 Å². The number of thioether (sulfide) groups is 1. The largest absolute Gasteiger partial charge is 0.319 e. The Hall–Kier alpha value is -1.00. The predicted octanol–water partition coefficient (Wildman–Crippen LogP) is 3.18. The van der Waals surface area contributed by atoms with Crippen LogP contribution in [-0.4, -0.2) is 33.9 Å². The van der Waals surface area contributed by atoms with E-state index in [1.807, 2.05) is 17.8 Å². The number of carbonyl (C=O) groups excluding carboxylic acids is 1. The Bertz CT molecular complexity index is 501. The number of benzene rings is 1. The third-order valence-corrected chi connectivity index (χ3v) is 5.49. The zero-order valence-electron chi connectivity index (χ0n) is 12.8.